The molecule has 19 heavy (non-hydrogen) atoms. The molecular formula is C15H20BrNO2. The van der Waals surface area contributed by atoms with Crippen molar-refractivity contribution in [2.75, 3.05) is 20.2 Å². The van der Waals surface area contributed by atoms with E-state index in [9.17, 15) is 4.79 Å². The molecule has 1 aliphatic heterocycles. The summed E-state index contributed by atoms with van der Waals surface area (Å²) in [7, 11) is 1.64. The Labute approximate surface area is 122 Å². The first-order chi connectivity index (χ1) is 9.19. The minimum absolute atomic E-state index is 0.323. The molecule has 4 heteroatoms. The minimum Gasteiger partial charge on any atom is -0.496 e. The third-order valence-electron chi connectivity index (χ3n) is 3.61. The lowest BCUT2D eigenvalue weighted by Crippen LogP contribution is -2.11. The van der Waals surface area contributed by atoms with Crippen molar-refractivity contribution in [2.24, 2.45) is 5.92 Å². The molecule has 1 unspecified atom stereocenters. The second-order valence-electron chi connectivity index (χ2n) is 5.08. The maximum Gasteiger partial charge on any atom is 0.137 e. The monoisotopic (exact) mass is 325 g/mol. The number of hydrogen-bond acceptors (Lipinski definition) is 3. The number of halogens is 1. The van der Waals surface area contributed by atoms with Crippen molar-refractivity contribution in [3.05, 3.63) is 28.2 Å². The topological polar surface area (TPSA) is 38.3 Å². The summed E-state index contributed by atoms with van der Waals surface area (Å²) in [6.07, 6.45) is 3.43. The van der Waals surface area contributed by atoms with Gasteiger partial charge in [-0.2, -0.15) is 0 Å². The molecule has 0 spiro atoms. The molecule has 1 heterocycles. The molecular weight excluding hydrogens is 306 g/mol. The summed E-state index contributed by atoms with van der Waals surface area (Å²) < 4.78 is 6.08. The number of ketones is 1. The largest absolute Gasteiger partial charge is 0.496 e. The molecule has 0 aliphatic carbocycles. The van der Waals surface area contributed by atoms with Gasteiger partial charge in [0.2, 0.25) is 0 Å². The highest BCUT2D eigenvalue weighted by Crippen LogP contribution is 2.26. The van der Waals surface area contributed by atoms with Gasteiger partial charge in [-0.25, -0.2) is 0 Å². The van der Waals surface area contributed by atoms with Gasteiger partial charge >= 0.3 is 0 Å². The molecule has 0 saturated carbocycles. The Morgan fingerprint density at radius 1 is 1.53 bits per heavy atom. The van der Waals surface area contributed by atoms with Crippen molar-refractivity contribution in [2.45, 2.75) is 25.7 Å². The van der Waals surface area contributed by atoms with E-state index in [1.807, 2.05) is 18.2 Å². The summed E-state index contributed by atoms with van der Waals surface area (Å²) in [5.74, 6) is 1.81. The summed E-state index contributed by atoms with van der Waals surface area (Å²) in [5, 5.41) is 3.33. The predicted molar refractivity (Wildman–Crippen MR) is 79.6 cm³/mol. The van der Waals surface area contributed by atoms with Gasteiger partial charge in [-0.05, 0) is 65.5 Å². The lowest BCUT2D eigenvalue weighted by Gasteiger charge is -2.08. The van der Waals surface area contributed by atoms with Crippen LogP contribution in [0.3, 0.4) is 0 Å². The molecule has 1 atom stereocenters. The summed E-state index contributed by atoms with van der Waals surface area (Å²) in [4.78, 5) is 12.0. The van der Waals surface area contributed by atoms with E-state index in [1.165, 1.54) is 6.42 Å². The highest BCUT2D eigenvalue weighted by Gasteiger charge is 2.16. The molecule has 0 radical (unpaired) electrons. The molecule has 1 fully saturated rings. The van der Waals surface area contributed by atoms with Crippen LogP contribution in [0.25, 0.3) is 0 Å². The third kappa shape index (κ3) is 4.32. The van der Waals surface area contributed by atoms with Gasteiger partial charge < -0.3 is 10.1 Å². The molecule has 1 saturated heterocycles. The van der Waals surface area contributed by atoms with Crippen LogP contribution in [-0.4, -0.2) is 26.0 Å². The molecule has 1 aliphatic rings. The molecule has 0 amide bonds. The van der Waals surface area contributed by atoms with Gasteiger partial charge in [-0.15, -0.1) is 0 Å². The molecule has 0 aromatic heterocycles. The van der Waals surface area contributed by atoms with Gasteiger partial charge in [0, 0.05) is 12.8 Å². The zero-order valence-electron chi connectivity index (χ0n) is 11.2. The summed E-state index contributed by atoms with van der Waals surface area (Å²) in [5.41, 5.74) is 1.04. The van der Waals surface area contributed by atoms with Crippen LogP contribution in [0, 0.1) is 5.92 Å². The first-order valence-corrected chi connectivity index (χ1v) is 7.53. The van der Waals surface area contributed by atoms with Crippen molar-refractivity contribution in [1.82, 2.24) is 5.32 Å². The van der Waals surface area contributed by atoms with Crippen LogP contribution in [0.5, 0.6) is 5.75 Å². The Hall–Kier alpha value is -0.870. The van der Waals surface area contributed by atoms with E-state index in [1.54, 1.807) is 7.11 Å². The second-order valence-corrected chi connectivity index (χ2v) is 5.94. The van der Waals surface area contributed by atoms with Crippen LogP contribution in [-0.2, 0) is 11.2 Å². The lowest BCUT2D eigenvalue weighted by atomic mass is 9.98. The number of methoxy groups -OCH3 is 1. The van der Waals surface area contributed by atoms with Crippen molar-refractivity contribution in [3.8, 4) is 5.75 Å². The molecule has 104 valence electrons. The fourth-order valence-corrected chi connectivity index (χ4v) is 3.05. The standard InChI is InChI=1S/C15H20BrNO2/c1-19-15-5-3-12(9-14(15)16)8-13(18)4-2-11-6-7-17-10-11/h3,5,9,11,17H,2,4,6-8,10H2,1H3. The fraction of sp³-hybridized carbons (Fsp3) is 0.533. The number of hydrogen-bond donors (Lipinski definition) is 1. The van der Waals surface area contributed by atoms with E-state index in [-0.39, 0.29) is 0 Å². The Morgan fingerprint density at radius 3 is 3.00 bits per heavy atom. The highest BCUT2D eigenvalue weighted by atomic mass is 79.9. The van der Waals surface area contributed by atoms with Crippen molar-refractivity contribution >= 4 is 21.7 Å². The first kappa shape index (κ1) is 14.5. The van der Waals surface area contributed by atoms with E-state index < -0.39 is 0 Å². The van der Waals surface area contributed by atoms with E-state index in [0.717, 1.165) is 35.3 Å². The minimum atomic E-state index is 0.323. The van der Waals surface area contributed by atoms with E-state index in [2.05, 4.69) is 21.2 Å². The van der Waals surface area contributed by atoms with Crippen molar-refractivity contribution in [1.29, 1.82) is 0 Å². The van der Waals surface area contributed by atoms with Crippen LogP contribution in [0.1, 0.15) is 24.8 Å². The van der Waals surface area contributed by atoms with Gasteiger partial charge in [-0.3, -0.25) is 4.79 Å². The summed E-state index contributed by atoms with van der Waals surface area (Å²) in [6.45, 7) is 2.17. The van der Waals surface area contributed by atoms with Gasteiger partial charge in [0.1, 0.15) is 11.5 Å². The van der Waals surface area contributed by atoms with Crippen LogP contribution < -0.4 is 10.1 Å². The maximum absolute atomic E-state index is 12.0. The predicted octanol–water partition coefficient (Wildman–Crippen LogP) is 2.96. The molecule has 0 bridgehead atoms. The fourth-order valence-electron chi connectivity index (χ4n) is 2.46. The lowest BCUT2D eigenvalue weighted by molar-refractivity contribution is -0.118. The molecule has 1 N–H and O–H groups in total. The van der Waals surface area contributed by atoms with Crippen LogP contribution in [0.4, 0.5) is 0 Å². The highest BCUT2D eigenvalue weighted by molar-refractivity contribution is 9.10. The number of ether oxygens (including phenoxy) is 1. The number of nitrogens with one attached hydrogen (secondary N) is 1. The van der Waals surface area contributed by atoms with Crippen LogP contribution >= 0.6 is 15.9 Å². The van der Waals surface area contributed by atoms with E-state index >= 15 is 0 Å². The Balaban J connectivity index is 1.82. The zero-order valence-corrected chi connectivity index (χ0v) is 12.8. The smallest absolute Gasteiger partial charge is 0.137 e. The number of benzene rings is 1. The maximum atomic E-state index is 12.0. The molecule has 3 nitrogen and oxygen atoms in total. The first-order valence-electron chi connectivity index (χ1n) is 6.74. The third-order valence-corrected chi connectivity index (χ3v) is 4.23. The Kier molecular flexibility index (Phi) is 5.40. The molecule has 2 rings (SSSR count). The number of Topliss-reactive ketones (excluding diaryl/α,β-unsaturated/α-hetero) is 1. The van der Waals surface area contributed by atoms with Crippen LogP contribution in [0.2, 0.25) is 0 Å². The van der Waals surface area contributed by atoms with Gasteiger partial charge in [0.15, 0.2) is 0 Å². The van der Waals surface area contributed by atoms with Gasteiger partial charge in [0.05, 0.1) is 11.6 Å². The number of rotatable bonds is 6. The SMILES string of the molecule is COc1ccc(CC(=O)CCC2CCNC2)cc1Br. The molecule has 1 aromatic rings. The number of carbonyl (C=O) groups is 1. The average molecular weight is 326 g/mol. The summed E-state index contributed by atoms with van der Waals surface area (Å²) in [6, 6.07) is 5.82. The normalized spacial score (nSPS) is 18.5. The number of carbonyl (C=O) groups excluding carboxylic acids is 1. The van der Waals surface area contributed by atoms with Crippen molar-refractivity contribution < 1.29 is 9.53 Å². The van der Waals surface area contributed by atoms with E-state index in [4.69, 9.17) is 4.74 Å². The van der Waals surface area contributed by atoms with Crippen LogP contribution in [0.15, 0.2) is 22.7 Å². The van der Waals surface area contributed by atoms with Crippen molar-refractivity contribution in [3.63, 3.8) is 0 Å². The quantitative estimate of drug-likeness (QED) is 0.873. The molecule has 1 aromatic carbocycles. The zero-order chi connectivity index (χ0) is 13.7. The van der Waals surface area contributed by atoms with E-state index in [0.29, 0.717) is 24.5 Å². The van der Waals surface area contributed by atoms with Gasteiger partial charge in [-0.1, -0.05) is 6.07 Å². The second kappa shape index (κ2) is 7.06. The van der Waals surface area contributed by atoms with Gasteiger partial charge in [0.25, 0.3) is 0 Å². The summed E-state index contributed by atoms with van der Waals surface area (Å²) >= 11 is 3.45. The Morgan fingerprint density at radius 2 is 2.37 bits per heavy atom. The average Bonchev–Trinajstić information content (AvgIpc) is 2.90. The Bertz CT molecular complexity index is 442.